The predicted octanol–water partition coefficient (Wildman–Crippen LogP) is 3.30. The van der Waals surface area contributed by atoms with Gasteiger partial charge in [0.05, 0.1) is 0 Å². The van der Waals surface area contributed by atoms with E-state index in [9.17, 15) is 9.90 Å². The van der Waals surface area contributed by atoms with Crippen LogP contribution >= 0.6 is 11.6 Å². The molecule has 0 saturated heterocycles. The van der Waals surface area contributed by atoms with Crippen molar-refractivity contribution in [2.24, 2.45) is 4.99 Å². The van der Waals surface area contributed by atoms with Crippen LogP contribution in [0.15, 0.2) is 41.2 Å². The molecule has 0 aliphatic heterocycles. The first-order valence-corrected chi connectivity index (χ1v) is 5.76. The van der Waals surface area contributed by atoms with Crippen molar-refractivity contribution in [1.29, 1.82) is 5.26 Å². The largest absolute Gasteiger partial charge is 0.510 e. The molecular formula is C14H9ClN2O2. The maximum absolute atomic E-state index is 12.2. The lowest BCUT2D eigenvalue weighted by atomic mass is 10.1. The molecule has 1 N–H and O–H groups in total. The summed E-state index contributed by atoms with van der Waals surface area (Å²) < 4.78 is 0. The minimum Gasteiger partial charge on any atom is -0.510 e. The van der Waals surface area contributed by atoms with Crippen molar-refractivity contribution in [3.05, 3.63) is 52.4 Å². The number of aliphatic hydroxyl groups excluding tert-OH is 1. The number of hydrogen-bond acceptors (Lipinski definition) is 4. The van der Waals surface area contributed by atoms with Gasteiger partial charge in [0.1, 0.15) is 17.5 Å². The van der Waals surface area contributed by atoms with E-state index in [1.807, 2.05) is 0 Å². The number of fused-ring (bicyclic) bond motifs is 1. The molecule has 5 heteroatoms. The molecule has 0 unspecified atom stereocenters. The molecule has 1 aliphatic rings. The number of benzene rings is 1. The summed E-state index contributed by atoms with van der Waals surface area (Å²) in [5.74, 6) is -0.596. The van der Waals surface area contributed by atoms with Gasteiger partial charge in [0.2, 0.25) is 5.78 Å². The summed E-state index contributed by atoms with van der Waals surface area (Å²) in [5.41, 5.74) is 1.32. The zero-order chi connectivity index (χ0) is 14.2. The molecule has 1 aromatic rings. The highest BCUT2D eigenvalue weighted by Crippen LogP contribution is 2.31. The molecule has 1 aromatic carbocycles. The van der Waals surface area contributed by atoms with Crippen LogP contribution in [0.2, 0.25) is 5.02 Å². The van der Waals surface area contributed by atoms with Gasteiger partial charge in [-0.15, -0.1) is 0 Å². The molecule has 0 bridgehead atoms. The lowest BCUT2D eigenvalue weighted by Gasteiger charge is -1.98. The van der Waals surface area contributed by atoms with Gasteiger partial charge in [0.15, 0.2) is 5.70 Å². The summed E-state index contributed by atoms with van der Waals surface area (Å²) in [6, 6.07) is 6.60. The highest BCUT2D eigenvalue weighted by Gasteiger charge is 2.30. The van der Waals surface area contributed by atoms with Crippen molar-refractivity contribution >= 4 is 28.7 Å². The van der Waals surface area contributed by atoms with Crippen molar-refractivity contribution < 1.29 is 9.90 Å². The molecule has 4 nitrogen and oxygen atoms in total. The number of aliphatic imine (C=N–C) groups is 1. The third-order valence-corrected chi connectivity index (χ3v) is 2.96. The maximum atomic E-state index is 12.2. The Kier molecular flexibility index (Phi) is 3.24. The van der Waals surface area contributed by atoms with E-state index >= 15 is 0 Å². The van der Waals surface area contributed by atoms with Gasteiger partial charge in [-0.25, -0.2) is 4.99 Å². The number of hydrogen-bond donors (Lipinski definition) is 1. The summed E-state index contributed by atoms with van der Waals surface area (Å²) in [6.07, 6.45) is 0. The first-order valence-electron chi connectivity index (χ1n) is 5.38. The molecule has 0 atom stereocenters. The number of ketones is 1. The van der Waals surface area contributed by atoms with E-state index < -0.39 is 0 Å². The van der Waals surface area contributed by atoms with Crippen molar-refractivity contribution in [2.45, 2.75) is 6.92 Å². The van der Waals surface area contributed by atoms with Crippen LogP contribution in [-0.4, -0.2) is 16.6 Å². The van der Waals surface area contributed by atoms with E-state index in [1.54, 1.807) is 18.2 Å². The number of carbonyl (C=O) groups excluding carboxylic acids is 1. The highest BCUT2D eigenvalue weighted by molar-refractivity contribution is 6.65. The fourth-order valence-electron chi connectivity index (χ4n) is 1.78. The number of nitriles is 1. The van der Waals surface area contributed by atoms with Crippen LogP contribution in [0.5, 0.6) is 0 Å². The average Bonchev–Trinajstić information content (AvgIpc) is 2.59. The van der Waals surface area contributed by atoms with Gasteiger partial charge in [-0.05, 0) is 24.6 Å². The van der Waals surface area contributed by atoms with E-state index in [-0.39, 0.29) is 23.0 Å². The summed E-state index contributed by atoms with van der Waals surface area (Å²) in [6.45, 7) is 5.12. The van der Waals surface area contributed by atoms with Crippen LogP contribution in [0.25, 0.3) is 5.57 Å². The summed E-state index contributed by atoms with van der Waals surface area (Å²) in [4.78, 5) is 16.1. The molecule has 0 saturated carbocycles. The van der Waals surface area contributed by atoms with E-state index in [0.717, 1.165) is 0 Å². The van der Waals surface area contributed by atoms with Gasteiger partial charge < -0.3 is 5.11 Å². The molecule has 0 amide bonds. The van der Waals surface area contributed by atoms with Crippen molar-refractivity contribution in [3.8, 4) is 6.07 Å². The Morgan fingerprint density at radius 3 is 2.74 bits per heavy atom. The fourth-order valence-corrected chi connectivity index (χ4v) is 1.95. The Morgan fingerprint density at radius 1 is 1.47 bits per heavy atom. The smallest absolute Gasteiger partial charge is 0.212 e. The van der Waals surface area contributed by atoms with Gasteiger partial charge in [-0.3, -0.25) is 4.79 Å². The Balaban J connectivity index is 2.59. The van der Waals surface area contributed by atoms with Crippen LogP contribution in [0.1, 0.15) is 22.8 Å². The van der Waals surface area contributed by atoms with Crippen LogP contribution < -0.4 is 0 Å². The van der Waals surface area contributed by atoms with Gasteiger partial charge in [0, 0.05) is 16.2 Å². The van der Waals surface area contributed by atoms with Crippen LogP contribution in [0.3, 0.4) is 0 Å². The minimum absolute atomic E-state index is 0.0576. The second-order valence-electron chi connectivity index (χ2n) is 4.00. The highest BCUT2D eigenvalue weighted by atomic mass is 35.5. The fraction of sp³-hybridized carbons (Fsp3) is 0.0714. The number of nitrogens with zero attached hydrogens (tertiary/aromatic N) is 2. The minimum atomic E-state index is -0.350. The Morgan fingerprint density at radius 2 is 2.16 bits per heavy atom. The summed E-state index contributed by atoms with van der Waals surface area (Å²) >= 11 is 5.84. The second-order valence-corrected chi connectivity index (χ2v) is 4.44. The number of rotatable bonds is 1. The number of halogens is 1. The quantitative estimate of drug-likeness (QED) is 0.630. The Bertz CT molecular complexity index is 705. The van der Waals surface area contributed by atoms with E-state index in [0.29, 0.717) is 21.7 Å². The molecule has 0 heterocycles. The van der Waals surface area contributed by atoms with Gasteiger partial charge >= 0.3 is 0 Å². The monoisotopic (exact) mass is 272 g/mol. The first-order chi connectivity index (χ1) is 8.95. The summed E-state index contributed by atoms with van der Waals surface area (Å²) in [5, 5.41) is 18.6. The number of Topliss-reactive ketones (excluding diaryl/α,β-unsaturated/α-hetero) is 1. The van der Waals surface area contributed by atoms with E-state index in [1.165, 1.54) is 13.0 Å². The van der Waals surface area contributed by atoms with Crippen molar-refractivity contribution in [1.82, 2.24) is 0 Å². The van der Waals surface area contributed by atoms with E-state index in [2.05, 4.69) is 11.6 Å². The zero-order valence-corrected chi connectivity index (χ0v) is 10.8. The topological polar surface area (TPSA) is 73.4 Å². The lowest BCUT2D eigenvalue weighted by molar-refractivity contribution is 0.107. The molecule has 0 spiro atoms. The third-order valence-electron chi connectivity index (χ3n) is 2.72. The van der Waals surface area contributed by atoms with Crippen LogP contribution in [-0.2, 0) is 0 Å². The second kappa shape index (κ2) is 4.71. The molecule has 94 valence electrons. The number of carbonyl (C=O) groups is 1. The van der Waals surface area contributed by atoms with Crippen LogP contribution in [0, 0.1) is 11.3 Å². The number of aliphatic hydroxyl groups is 1. The van der Waals surface area contributed by atoms with E-state index in [4.69, 9.17) is 16.9 Å². The Hall–Kier alpha value is -2.38. The van der Waals surface area contributed by atoms with Gasteiger partial charge in [-0.1, -0.05) is 24.2 Å². The molecule has 1 aliphatic carbocycles. The first kappa shape index (κ1) is 13.1. The molecule has 0 aromatic heterocycles. The Labute approximate surface area is 115 Å². The normalized spacial score (nSPS) is 17.2. The predicted molar refractivity (Wildman–Crippen MR) is 73.2 cm³/mol. The molecule has 0 fully saturated rings. The van der Waals surface area contributed by atoms with Gasteiger partial charge in [0.25, 0.3) is 0 Å². The molecular weight excluding hydrogens is 264 g/mol. The standard InChI is InChI=1S/C14H9ClN2O2/c1-7-10-4-3-9(15)5-11(10)14(19)13(7)17-12(6-16)8(2)18/h3-5,18H,1H2,2H3/b12-8+,17-13+. The molecule has 2 rings (SSSR count). The van der Waals surface area contributed by atoms with Crippen molar-refractivity contribution in [3.63, 3.8) is 0 Å². The molecule has 19 heavy (non-hydrogen) atoms. The van der Waals surface area contributed by atoms with Gasteiger partial charge in [-0.2, -0.15) is 5.26 Å². The summed E-state index contributed by atoms with van der Waals surface area (Å²) in [7, 11) is 0. The average molecular weight is 273 g/mol. The molecule has 0 radical (unpaired) electrons. The van der Waals surface area contributed by atoms with Crippen LogP contribution in [0.4, 0.5) is 0 Å². The maximum Gasteiger partial charge on any atom is 0.212 e. The lowest BCUT2D eigenvalue weighted by Crippen LogP contribution is -2.07. The zero-order valence-electron chi connectivity index (χ0n) is 10.1. The van der Waals surface area contributed by atoms with Crippen molar-refractivity contribution in [2.75, 3.05) is 0 Å². The number of allylic oxidation sites excluding steroid dienone is 3. The third kappa shape index (κ3) is 2.16. The SMILES string of the molecule is C=C1/C(=N\C(C#N)=C(/C)O)C(=O)c2cc(Cl)ccc21.